The number of carbonyl (C=O) groups is 1. The van der Waals surface area contributed by atoms with E-state index in [1.165, 1.54) is 42.7 Å². The first-order valence-electron chi connectivity index (χ1n) is 11.6. The third kappa shape index (κ3) is 6.06. The fourth-order valence-corrected chi connectivity index (χ4v) is 5.37. The van der Waals surface area contributed by atoms with Gasteiger partial charge >= 0.3 is 0 Å². The molecule has 1 heterocycles. The molecular weight excluding hydrogens is 567 g/mol. The lowest BCUT2D eigenvalue weighted by atomic mass is 10.0. The number of nitrogens with zero attached hydrogens (tertiary/aromatic N) is 1. The van der Waals surface area contributed by atoms with Crippen LogP contribution in [-0.4, -0.2) is 54.7 Å². The number of anilines is 1. The Bertz CT molecular complexity index is 1430. The van der Waals surface area contributed by atoms with Gasteiger partial charge in [0, 0.05) is 31.2 Å². The molecule has 1 aliphatic rings. The van der Waals surface area contributed by atoms with Crippen LogP contribution in [0.2, 0.25) is 0 Å². The molecule has 1 aromatic heterocycles. The van der Waals surface area contributed by atoms with Crippen LogP contribution in [-0.2, 0) is 19.5 Å². The quantitative estimate of drug-likeness (QED) is 0.244. The second-order valence-corrected chi connectivity index (χ2v) is 11.2. The highest BCUT2D eigenvalue weighted by Gasteiger charge is 2.33. The van der Waals surface area contributed by atoms with E-state index in [2.05, 4.69) is 21.2 Å². The van der Waals surface area contributed by atoms with E-state index in [4.69, 9.17) is 13.9 Å². The molecule has 0 bridgehead atoms. The summed E-state index contributed by atoms with van der Waals surface area (Å²) in [6.07, 6.45) is 2.97. The van der Waals surface area contributed by atoms with Crippen molar-refractivity contribution in [3.05, 3.63) is 63.9 Å². The van der Waals surface area contributed by atoms with Gasteiger partial charge in [-0.2, -0.15) is 0 Å². The van der Waals surface area contributed by atoms with Crippen LogP contribution in [0.4, 0.5) is 10.1 Å². The molecule has 1 fully saturated rings. The first-order valence-corrected chi connectivity index (χ1v) is 14.3. The minimum atomic E-state index is -3.71. The van der Waals surface area contributed by atoms with Crippen molar-refractivity contribution in [1.82, 2.24) is 5.32 Å². The van der Waals surface area contributed by atoms with Gasteiger partial charge in [0.2, 0.25) is 10.0 Å². The fourth-order valence-electron chi connectivity index (χ4n) is 4.17. The summed E-state index contributed by atoms with van der Waals surface area (Å²) in [5.74, 6) is -0.319. The summed E-state index contributed by atoms with van der Waals surface area (Å²) in [4.78, 5) is 14.6. The van der Waals surface area contributed by atoms with Crippen molar-refractivity contribution in [2.24, 2.45) is 0 Å². The average Bonchev–Trinajstić information content (AvgIpc) is 3.65. The normalized spacial score (nSPS) is 14.2. The molecule has 1 aliphatic carbocycles. The van der Waals surface area contributed by atoms with Gasteiger partial charge in [-0.15, -0.1) is 0 Å². The molecule has 0 unspecified atom stereocenters. The summed E-state index contributed by atoms with van der Waals surface area (Å²) in [6, 6.07) is 9.19. The van der Waals surface area contributed by atoms with Crippen LogP contribution in [0.5, 0.6) is 0 Å². The van der Waals surface area contributed by atoms with Crippen molar-refractivity contribution in [2.75, 3.05) is 44.7 Å². The van der Waals surface area contributed by atoms with E-state index in [0.29, 0.717) is 33.4 Å². The molecule has 4 rings (SSSR count). The zero-order valence-electron chi connectivity index (χ0n) is 20.7. The summed E-state index contributed by atoms with van der Waals surface area (Å²) >= 11 is 3.31. The lowest BCUT2D eigenvalue weighted by molar-refractivity contribution is -0.0212. The first-order chi connectivity index (χ1) is 17.7. The highest BCUT2D eigenvalue weighted by atomic mass is 79.9. The molecule has 0 atom stereocenters. The SMILES string of the molecule is CNC(=O)c1c(-c2ccc(F)cc2)oc2cc(N(C/C(=C/Br)COCOC)S(C)(=O)=O)c(C3CC3)cc12. The van der Waals surface area contributed by atoms with E-state index in [-0.39, 0.29) is 37.5 Å². The van der Waals surface area contributed by atoms with Crippen LogP contribution in [0.3, 0.4) is 0 Å². The molecule has 3 aromatic rings. The largest absolute Gasteiger partial charge is 0.455 e. The smallest absolute Gasteiger partial charge is 0.255 e. The second-order valence-electron chi connectivity index (χ2n) is 8.87. The molecule has 2 aromatic carbocycles. The third-order valence-corrected chi connectivity index (χ3v) is 7.85. The zero-order valence-corrected chi connectivity index (χ0v) is 23.1. The number of rotatable bonds is 11. The Hall–Kier alpha value is -2.73. The topological polar surface area (TPSA) is 98.1 Å². The molecule has 0 saturated heterocycles. The van der Waals surface area contributed by atoms with Crippen LogP contribution in [0, 0.1) is 5.82 Å². The maximum absolute atomic E-state index is 13.6. The molecule has 1 amide bonds. The van der Waals surface area contributed by atoms with Gasteiger partial charge in [0.15, 0.2) is 0 Å². The van der Waals surface area contributed by atoms with E-state index >= 15 is 0 Å². The average molecular weight is 595 g/mol. The van der Waals surface area contributed by atoms with Crippen molar-refractivity contribution in [3.63, 3.8) is 0 Å². The Morgan fingerprint density at radius 2 is 1.97 bits per heavy atom. The van der Waals surface area contributed by atoms with Gasteiger partial charge in [-0.05, 0) is 65.2 Å². The fraction of sp³-hybridized carbons (Fsp3) is 0.346. The summed E-state index contributed by atoms with van der Waals surface area (Å²) in [7, 11) is -0.677. The molecule has 0 radical (unpaired) electrons. The Morgan fingerprint density at radius 3 is 2.54 bits per heavy atom. The number of carbonyl (C=O) groups excluding carboxylic acids is 1. The lowest BCUT2D eigenvalue weighted by Gasteiger charge is -2.26. The number of nitrogens with one attached hydrogen (secondary N) is 1. The van der Waals surface area contributed by atoms with Gasteiger partial charge in [-0.3, -0.25) is 9.10 Å². The zero-order chi connectivity index (χ0) is 26.7. The summed E-state index contributed by atoms with van der Waals surface area (Å²) in [5.41, 5.74) is 3.19. The first kappa shape index (κ1) is 27.3. The molecule has 11 heteroatoms. The summed E-state index contributed by atoms with van der Waals surface area (Å²) in [5, 5.41) is 3.22. The number of fused-ring (bicyclic) bond motifs is 1. The number of halogens is 2. The highest BCUT2D eigenvalue weighted by molar-refractivity contribution is 9.11. The number of hydrogen-bond donors (Lipinski definition) is 1. The molecule has 0 spiro atoms. The van der Waals surface area contributed by atoms with Crippen molar-refractivity contribution in [2.45, 2.75) is 18.8 Å². The molecule has 37 heavy (non-hydrogen) atoms. The molecular formula is C26H28BrFN2O6S. The third-order valence-electron chi connectivity index (χ3n) is 6.07. The molecule has 1 saturated carbocycles. The van der Waals surface area contributed by atoms with Crippen LogP contribution in [0.15, 0.2) is 51.4 Å². The minimum Gasteiger partial charge on any atom is -0.455 e. The molecule has 1 N–H and O–H groups in total. The van der Waals surface area contributed by atoms with Gasteiger partial charge in [-0.1, -0.05) is 15.9 Å². The van der Waals surface area contributed by atoms with Crippen molar-refractivity contribution in [3.8, 4) is 11.3 Å². The number of hydrogen-bond acceptors (Lipinski definition) is 6. The Kier molecular flexibility index (Phi) is 8.37. The van der Waals surface area contributed by atoms with Gasteiger partial charge in [0.05, 0.1) is 30.7 Å². The van der Waals surface area contributed by atoms with Gasteiger partial charge in [-0.25, -0.2) is 12.8 Å². The Balaban J connectivity index is 1.89. The molecule has 198 valence electrons. The van der Waals surface area contributed by atoms with Crippen LogP contribution < -0.4 is 9.62 Å². The summed E-state index contributed by atoms with van der Waals surface area (Å²) in [6.45, 7) is 0.290. The Labute approximate surface area is 223 Å². The number of furan rings is 1. The van der Waals surface area contributed by atoms with Crippen LogP contribution in [0.25, 0.3) is 22.3 Å². The Morgan fingerprint density at radius 1 is 1.27 bits per heavy atom. The minimum absolute atomic E-state index is 0.0485. The van der Waals surface area contributed by atoms with E-state index in [1.54, 1.807) is 11.1 Å². The number of amides is 1. The van der Waals surface area contributed by atoms with Gasteiger partial charge < -0.3 is 19.2 Å². The van der Waals surface area contributed by atoms with E-state index in [1.807, 2.05) is 6.07 Å². The second kappa shape index (κ2) is 11.3. The maximum atomic E-state index is 13.6. The molecule has 8 nitrogen and oxygen atoms in total. The number of benzene rings is 2. The van der Waals surface area contributed by atoms with E-state index < -0.39 is 15.8 Å². The number of methoxy groups -OCH3 is 1. The van der Waals surface area contributed by atoms with Crippen LogP contribution in [0.1, 0.15) is 34.7 Å². The van der Waals surface area contributed by atoms with Gasteiger partial charge in [0.25, 0.3) is 5.91 Å². The van der Waals surface area contributed by atoms with Gasteiger partial charge in [0.1, 0.15) is 24.0 Å². The van der Waals surface area contributed by atoms with E-state index in [0.717, 1.165) is 24.7 Å². The predicted molar refractivity (Wildman–Crippen MR) is 144 cm³/mol. The number of ether oxygens (including phenoxy) is 2. The highest BCUT2D eigenvalue weighted by Crippen LogP contribution is 2.48. The van der Waals surface area contributed by atoms with Crippen molar-refractivity contribution < 1.29 is 31.5 Å². The predicted octanol–water partition coefficient (Wildman–Crippen LogP) is 5.14. The monoisotopic (exact) mass is 594 g/mol. The maximum Gasteiger partial charge on any atom is 0.255 e. The standard InChI is InChI=1S/C26H28BrFN2O6S/c1-29-26(31)24-21-10-20(17-4-5-17)22(11-23(21)36-25(24)18-6-8-19(28)9-7-18)30(37(3,32)33)13-16(12-27)14-35-15-34-2/h6-12,17H,4-5,13-15H2,1-3H3,(H,29,31)/b16-12-. The van der Waals surface area contributed by atoms with E-state index in [9.17, 15) is 17.6 Å². The molecule has 0 aliphatic heterocycles. The van der Waals surface area contributed by atoms with Crippen molar-refractivity contribution >= 4 is 48.5 Å². The summed E-state index contributed by atoms with van der Waals surface area (Å²) < 4.78 is 57.4. The van der Waals surface area contributed by atoms with Crippen LogP contribution >= 0.6 is 15.9 Å². The number of sulfonamides is 1. The lowest BCUT2D eigenvalue weighted by Crippen LogP contribution is -2.33. The van der Waals surface area contributed by atoms with Crippen molar-refractivity contribution in [1.29, 1.82) is 0 Å².